The Labute approximate surface area is 166 Å². The number of aryl methyl sites for hydroxylation is 1. The average Bonchev–Trinajstić information content (AvgIpc) is 3.02. The highest BCUT2D eigenvalue weighted by Crippen LogP contribution is 2.28. The summed E-state index contributed by atoms with van der Waals surface area (Å²) in [5.74, 6) is -1.34. The highest BCUT2D eigenvalue weighted by atomic mass is 16.2. The van der Waals surface area contributed by atoms with Gasteiger partial charge in [0.2, 0.25) is 11.8 Å². The molecule has 9 heteroatoms. The van der Waals surface area contributed by atoms with Crippen LogP contribution in [0.5, 0.6) is 0 Å². The fraction of sp³-hybridized carbons (Fsp3) is 0.300. The zero-order chi connectivity index (χ0) is 20.5. The van der Waals surface area contributed by atoms with E-state index < -0.39 is 11.9 Å². The molecule has 0 saturated carbocycles. The fourth-order valence-corrected chi connectivity index (χ4v) is 3.56. The molecular formula is C20H19N5O4. The van der Waals surface area contributed by atoms with E-state index in [9.17, 15) is 19.2 Å². The minimum absolute atomic E-state index is 0.218. The number of carbonyl (C=O) groups excluding carboxylic acids is 4. The monoisotopic (exact) mass is 393 g/mol. The standard InChI is InChI=1S/C20H19N5O4/c1-11-7-21-9-15(23-11)18(27)22-8-12-2-3-13-10-25(20(29)14(13)6-12)16-4-5-17(26)24-19(16)28/h2-3,6-7,9,16H,4-5,8,10H2,1H3,(H,22,27)(H,24,26,28). The van der Waals surface area contributed by atoms with E-state index in [2.05, 4.69) is 20.6 Å². The van der Waals surface area contributed by atoms with Gasteiger partial charge in [-0.3, -0.25) is 29.5 Å². The normalized spacial score (nSPS) is 18.4. The molecule has 4 rings (SSSR count). The van der Waals surface area contributed by atoms with Gasteiger partial charge in [0.15, 0.2) is 0 Å². The van der Waals surface area contributed by atoms with Gasteiger partial charge in [0.05, 0.1) is 11.9 Å². The lowest BCUT2D eigenvalue weighted by Crippen LogP contribution is -2.52. The van der Waals surface area contributed by atoms with E-state index in [-0.39, 0.29) is 36.4 Å². The molecule has 0 spiro atoms. The van der Waals surface area contributed by atoms with Gasteiger partial charge in [-0.15, -0.1) is 0 Å². The number of carbonyl (C=O) groups is 4. The maximum Gasteiger partial charge on any atom is 0.271 e. The van der Waals surface area contributed by atoms with Gasteiger partial charge in [0.1, 0.15) is 11.7 Å². The van der Waals surface area contributed by atoms with Gasteiger partial charge in [0.25, 0.3) is 11.8 Å². The highest BCUT2D eigenvalue weighted by Gasteiger charge is 2.39. The quantitative estimate of drug-likeness (QED) is 0.729. The van der Waals surface area contributed by atoms with Crippen LogP contribution in [0.25, 0.3) is 0 Å². The Kier molecular flexibility index (Phi) is 4.79. The summed E-state index contributed by atoms with van der Waals surface area (Å²) in [6, 6.07) is 4.75. The van der Waals surface area contributed by atoms with E-state index in [1.807, 2.05) is 12.1 Å². The molecule has 0 bridgehead atoms. The number of amides is 4. The molecule has 1 aromatic carbocycles. The van der Waals surface area contributed by atoms with Crippen molar-refractivity contribution in [2.24, 2.45) is 0 Å². The average molecular weight is 393 g/mol. The van der Waals surface area contributed by atoms with Gasteiger partial charge in [0, 0.05) is 31.3 Å². The van der Waals surface area contributed by atoms with E-state index in [4.69, 9.17) is 0 Å². The molecule has 1 aromatic heterocycles. The fourth-order valence-electron chi connectivity index (χ4n) is 3.56. The largest absolute Gasteiger partial charge is 0.347 e. The molecule has 1 saturated heterocycles. The first kappa shape index (κ1) is 18.7. The summed E-state index contributed by atoms with van der Waals surface area (Å²) in [5.41, 5.74) is 2.97. The number of hydrogen-bond acceptors (Lipinski definition) is 6. The minimum atomic E-state index is -0.643. The van der Waals surface area contributed by atoms with E-state index in [0.29, 0.717) is 24.2 Å². The van der Waals surface area contributed by atoms with Crippen LogP contribution >= 0.6 is 0 Å². The molecule has 9 nitrogen and oxygen atoms in total. The van der Waals surface area contributed by atoms with Crippen LogP contribution in [0.15, 0.2) is 30.6 Å². The first-order chi connectivity index (χ1) is 13.9. The van der Waals surface area contributed by atoms with Crippen molar-refractivity contribution in [2.45, 2.75) is 38.9 Å². The Bertz CT molecular complexity index is 1040. The third-order valence-corrected chi connectivity index (χ3v) is 5.03. The first-order valence-corrected chi connectivity index (χ1v) is 9.25. The zero-order valence-electron chi connectivity index (χ0n) is 15.8. The van der Waals surface area contributed by atoms with Crippen LogP contribution in [0.1, 0.15) is 50.5 Å². The molecule has 1 fully saturated rings. The molecule has 2 aliphatic heterocycles. The van der Waals surface area contributed by atoms with Crippen molar-refractivity contribution >= 4 is 23.6 Å². The number of nitrogens with one attached hydrogen (secondary N) is 2. The highest BCUT2D eigenvalue weighted by molar-refractivity contribution is 6.05. The van der Waals surface area contributed by atoms with E-state index in [1.54, 1.807) is 19.2 Å². The first-order valence-electron chi connectivity index (χ1n) is 9.25. The Morgan fingerprint density at radius 2 is 2.10 bits per heavy atom. The summed E-state index contributed by atoms with van der Waals surface area (Å²) in [4.78, 5) is 58.1. The number of aromatic nitrogens is 2. The molecule has 3 heterocycles. The van der Waals surface area contributed by atoms with Crippen LogP contribution in [0, 0.1) is 6.92 Å². The second-order valence-electron chi connectivity index (χ2n) is 7.12. The van der Waals surface area contributed by atoms with Crippen LogP contribution in [0.4, 0.5) is 0 Å². The smallest absolute Gasteiger partial charge is 0.271 e. The lowest BCUT2D eigenvalue weighted by molar-refractivity contribution is -0.136. The van der Waals surface area contributed by atoms with Crippen molar-refractivity contribution in [2.75, 3.05) is 0 Å². The van der Waals surface area contributed by atoms with Crippen molar-refractivity contribution in [3.8, 4) is 0 Å². The number of rotatable bonds is 4. The van der Waals surface area contributed by atoms with Crippen LogP contribution in [-0.2, 0) is 22.7 Å². The van der Waals surface area contributed by atoms with Crippen molar-refractivity contribution < 1.29 is 19.2 Å². The summed E-state index contributed by atoms with van der Waals surface area (Å²) in [6.45, 7) is 2.31. The minimum Gasteiger partial charge on any atom is -0.347 e. The van der Waals surface area contributed by atoms with Gasteiger partial charge < -0.3 is 10.2 Å². The Hall–Kier alpha value is -3.62. The lowest BCUT2D eigenvalue weighted by atomic mass is 10.0. The lowest BCUT2D eigenvalue weighted by Gasteiger charge is -2.29. The van der Waals surface area contributed by atoms with Gasteiger partial charge in [-0.1, -0.05) is 12.1 Å². The van der Waals surface area contributed by atoms with Gasteiger partial charge in [-0.05, 0) is 30.5 Å². The van der Waals surface area contributed by atoms with Crippen LogP contribution in [-0.4, -0.2) is 44.5 Å². The van der Waals surface area contributed by atoms with Crippen LogP contribution in [0.3, 0.4) is 0 Å². The molecule has 29 heavy (non-hydrogen) atoms. The Morgan fingerprint density at radius 3 is 2.86 bits per heavy atom. The number of nitrogens with zero attached hydrogens (tertiary/aromatic N) is 3. The Balaban J connectivity index is 1.45. The van der Waals surface area contributed by atoms with Crippen molar-refractivity contribution in [3.63, 3.8) is 0 Å². The predicted octanol–water partition coefficient (Wildman–Crippen LogP) is 0.476. The maximum absolute atomic E-state index is 12.8. The summed E-state index contributed by atoms with van der Waals surface area (Å²) >= 11 is 0. The molecule has 2 aromatic rings. The van der Waals surface area contributed by atoms with E-state index in [0.717, 1.165) is 11.1 Å². The van der Waals surface area contributed by atoms with Gasteiger partial charge in [-0.25, -0.2) is 4.98 Å². The number of fused-ring (bicyclic) bond motifs is 1. The number of benzene rings is 1. The molecular weight excluding hydrogens is 374 g/mol. The Morgan fingerprint density at radius 1 is 1.28 bits per heavy atom. The summed E-state index contributed by atoms with van der Waals surface area (Å²) in [6.07, 6.45) is 3.50. The van der Waals surface area contributed by atoms with Crippen molar-refractivity contribution in [3.05, 3.63) is 58.7 Å². The predicted molar refractivity (Wildman–Crippen MR) is 100 cm³/mol. The number of hydrogen-bond donors (Lipinski definition) is 2. The van der Waals surface area contributed by atoms with Crippen LogP contribution < -0.4 is 10.6 Å². The third-order valence-electron chi connectivity index (χ3n) is 5.03. The molecule has 0 radical (unpaired) electrons. The molecule has 1 atom stereocenters. The molecule has 148 valence electrons. The SMILES string of the molecule is Cc1cncc(C(=O)NCc2ccc3c(c2)C(=O)N(C2CCC(=O)NC2=O)C3)n1. The maximum atomic E-state index is 12.8. The number of piperidine rings is 1. The third kappa shape index (κ3) is 3.71. The molecule has 2 N–H and O–H groups in total. The van der Waals surface area contributed by atoms with E-state index >= 15 is 0 Å². The summed E-state index contributed by atoms with van der Waals surface area (Å²) < 4.78 is 0. The number of imide groups is 1. The van der Waals surface area contributed by atoms with Crippen molar-refractivity contribution in [1.29, 1.82) is 0 Å². The molecule has 2 aliphatic rings. The molecule has 0 aliphatic carbocycles. The molecule has 1 unspecified atom stereocenters. The second-order valence-corrected chi connectivity index (χ2v) is 7.12. The second kappa shape index (κ2) is 7.42. The summed E-state index contributed by atoms with van der Waals surface area (Å²) in [7, 11) is 0. The van der Waals surface area contributed by atoms with E-state index in [1.165, 1.54) is 11.1 Å². The zero-order valence-corrected chi connectivity index (χ0v) is 15.8. The van der Waals surface area contributed by atoms with Gasteiger partial charge in [-0.2, -0.15) is 0 Å². The van der Waals surface area contributed by atoms with Crippen molar-refractivity contribution in [1.82, 2.24) is 25.5 Å². The summed E-state index contributed by atoms with van der Waals surface area (Å²) in [5, 5.41) is 5.05. The van der Waals surface area contributed by atoms with Crippen LogP contribution in [0.2, 0.25) is 0 Å². The molecule has 4 amide bonds. The van der Waals surface area contributed by atoms with Gasteiger partial charge >= 0.3 is 0 Å². The topological polar surface area (TPSA) is 121 Å².